The maximum absolute atomic E-state index is 13.4. The number of aliphatic hydroxyl groups is 1. The highest BCUT2D eigenvalue weighted by atomic mass is 16.5. The van der Waals surface area contributed by atoms with Crippen molar-refractivity contribution in [1.29, 1.82) is 0 Å². The molecule has 1 amide bonds. The maximum Gasteiger partial charge on any atom is 0.296 e. The highest BCUT2D eigenvalue weighted by Gasteiger charge is 2.47. The monoisotopic (exact) mass is 518 g/mol. The highest BCUT2D eigenvalue weighted by molar-refractivity contribution is 6.46. The third-order valence-corrected chi connectivity index (χ3v) is 7.05. The van der Waals surface area contributed by atoms with E-state index in [1.54, 1.807) is 36.5 Å². The minimum Gasteiger partial charge on any atom is -0.507 e. The van der Waals surface area contributed by atoms with Crippen LogP contribution in [0.4, 0.5) is 0 Å². The second kappa shape index (κ2) is 10.0. The third kappa shape index (κ3) is 4.48. The van der Waals surface area contributed by atoms with Gasteiger partial charge in [0, 0.05) is 28.2 Å². The number of aryl methyl sites for hydroxylation is 1. The number of fused-ring (bicyclic) bond motifs is 1. The second-order valence-electron chi connectivity index (χ2n) is 9.55. The van der Waals surface area contributed by atoms with Crippen LogP contribution in [0.15, 0.2) is 107 Å². The number of benzene rings is 3. The van der Waals surface area contributed by atoms with Gasteiger partial charge < -0.3 is 24.1 Å². The molecule has 7 heteroatoms. The number of Topliss-reactive ketones (excluding diaryl/α,β-unsaturated/α-hetero) is 1. The van der Waals surface area contributed by atoms with Crippen molar-refractivity contribution in [3.05, 3.63) is 131 Å². The summed E-state index contributed by atoms with van der Waals surface area (Å²) in [5, 5.41) is 12.4. The molecule has 0 radical (unpaired) electrons. The van der Waals surface area contributed by atoms with Gasteiger partial charge in [0.25, 0.3) is 11.7 Å². The number of H-pyrrole nitrogens is 1. The van der Waals surface area contributed by atoms with E-state index < -0.39 is 17.7 Å². The standard InChI is InChI=1S/C32H26N2O5/c1-20-16-22(13-14-27(20)39-19-21-8-3-2-4-9-21)30(35)28-29(25-17-33-26-12-6-5-11-24(25)26)34(32(37)31(28)36)18-23-10-7-15-38-23/h2-17,29,33,35H,18-19H2,1H3/b30-28+. The number of aliphatic hydroxyl groups excluding tert-OH is 1. The van der Waals surface area contributed by atoms with Crippen LogP contribution in [0.2, 0.25) is 0 Å². The lowest BCUT2D eigenvalue weighted by Gasteiger charge is -2.24. The van der Waals surface area contributed by atoms with Crippen molar-refractivity contribution in [2.24, 2.45) is 0 Å². The van der Waals surface area contributed by atoms with Gasteiger partial charge in [-0.05, 0) is 54.4 Å². The highest BCUT2D eigenvalue weighted by Crippen LogP contribution is 2.43. The average Bonchev–Trinajstić information content (AvgIpc) is 3.68. The van der Waals surface area contributed by atoms with E-state index in [4.69, 9.17) is 9.15 Å². The van der Waals surface area contributed by atoms with E-state index in [1.807, 2.05) is 61.5 Å². The summed E-state index contributed by atoms with van der Waals surface area (Å²) in [6, 6.07) is 25.4. The molecule has 7 nitrogen and oxygen atoms in total. The molecule has 1 fully saturated rings. The number of carbonyl (C=O) groups is 2. The van der Waals surface area contributed by atoms with Crippen molar-refractivity contribution < 1.29 is 23.8 Å². The van der Waals surface area contributed by atoms with E-state index in [0.717, 1.165) is 27.6 Å². The molecule has 1 unspecified atom stereocenters. The molecule has 194 valence electrons. The van der Waals surface area contributed by atoms with Crippen molar-refractivity contribution in [3.8, 4) is 5.75 Å². The zero-order valence-corrected chi connectivity index (χ0v) is 21.3. The van der Waals surface area contributed by atoms with Gasteiger partial charge in [0.15, 0.2) is 0 Å². The molecule has 6 rings (SSSR count). The topological polar surface area (TPSA) is 95.8 Å². The molecular formula is C32H26N2O5. The minimum absolute atomic E-state index is 0.0358. The SMILES string of the molecule is Cc1cc(/C(O)=C2\C(=O)C(=O)N(Cc3ccco3)C2c2c[nH]c3ccccc23)ccc1OCc1ccccc1. The molecule has 3 heterocycles. The van der Waals surface area contributed by atoms with Crippen LogP contribution in [-0.4, -0.2) is 26.7 Å². The first-order valence-corrected chi connectivity index (χ1v) is 12.7. The zero-order chi connectivity index (χ0) is 26.9. The summed E-state index contributed by atoms with van der Waals surface area (Å²) < 4.78 is 11.5. The van der Waals surface area contributed by atoms with E-state index in [-0.39, 0.29) is 17.9 Å². The molecule has 1 atom stereocenters. The Morgan fingerprint density at radius 2 is 1.79 bits per heavy atom. The Morgan fingerprint density at radius 1 is 1.00 bits per heavy atom. The number of amides is 1. The molecule has 5 aromatic rings. The van der Waals surface area contributed by atoms with E-state index >= 15 is 0 Å². The number of ketones is 1. The Bertz CT molecular complexity index is 1700. The van der Waals surface area contributed by atoms with Gasteiger partial charge in [-0.2, -0.15) is 0 Å². The largest absolute Gasteiger partial charge is 0.507 e. The number of hydrogen-bond donors (Lipinski definition) is 2. The van der Waals surface area contributed by atoms with Crippen molar-refractivity contribution in [1.82, 2.24) is 9.88 Å². The number of ether oxygens (including phenoxy) is 1. The van der Waals surface area contributed by atoms with E-state index in [0.29, 0.717) is 23.7 Å². The summed E-state index contributed by atoms with van der Waals surface area (Å²) in [6.45, 7) is 2.37. The molecule has 0 aliphatic carbocycles. The third-order valence-electron chi connectivity index (χ3n) is 7.05. The lowest BCUT2D eigenvalue weighted by Crippen LogP contribution is -2.29. The molecule has 39 heavy (non-hydrogen) atoms. The number of likely N-dealkylation sites (tertiary alicyclic amines) is 1. The quantitative estimate of drug-likeness (QED) is 0.150. The van der Waals surface area contributed by atoms with Crippen molar-refractivity contribution in [2.75, 3.05) is 0 Å². The fraction of sp³-hybridized carbons (Fsp3) is 0.125. The molecule has 2 N–H and O–H groups in total. The first-order valence-electron chi connectivity index (χ1n) is 12.7. The smallest absolute Gasteiger partial charge is 0.296 e. The number of aromatic nitrogens is 1. The Balaban J connectivity index is 1.40. The van der Waals surface area contributed by atoms with Crippen molar-refractivity contribution >= 4 is 28.4 Å². The van der Waals surface area contributed by atoms with Crippen LogP contribution in [0.3, 0.4) is 0 Å². The number of aromatic amines is 1. The molecule has 1 aliphatic rings. The van der Waals surface area contributed by atoms with Crippen LogP contribution in [-0.2, 0) is 22.7 Å². The summed E-state index contributed by atoms with van der Waals surface area (Å²) >= 11 is 0. The van der Waals surface area contributed by atoms with Gasteiger partial charge in [0.2, 0.25) is 0 Å². The molecular weight excluding hydrogens is 492 g/mol. The predicted octanol–water partition coefficient (Wildman–Crippen LogP) is 6.27. The molecule has 0 spiro atoms. The Labute approximate surface area is 225 Å². The van der Waals surface area contributed by atoms with Crippen LogP contribution in [0.5, 0.6) is 5.75 Å². The molecule has 0 bridgehead atoms. The van der Waals surface area contributed by atoms with E-state index in [1.165, 1.54) is 11.2 Å². The summed E-state index contributed by atoms with van der Waals surface area (Å²) in [4.78, 5) is 31.4. The number of carbonyl (C=O) groups excluding carboxylic acids is 2. The number of rotatable bonds is 7. The van der Waals surface area contributed by atoms with Gasteiger partial charge in [-0.3, -0.25) is 9.59 Å². The Morgan fingerprint density at radius 3 is 2.56 bits per heavy atom. The van der Waals surface area contributed by atoms with Gasteiger partial charge in [-0.25, -0.2) is 0 Å². The second-order valence-corrected chi connectivity index (χ2v) is 9.55. The summed E-state index contributed by atoms with van der Waals surface area (Å²) in [6.07, 6.45) is 3.31. The van der Waals surface area contributed by atoms with Crippen LogP contribution < -0.4 is 4.74 Å². The fourth-order valence-corrected chi connectivity index (χ4v) is 5.11. The van der Waals surface area contributed by atoms with E-state index in [2.05, 4.69) is 4.98 Å². The van der Waals surface area contributed by atoms with Crippen LogP contribution in [0.1, 0.15) is 34.1 Å². The number of furan rings is 1. The number of hydrogen-bond acceptors (Lipinski definition) is 5. The number of nitrogens with one attached hydrogen (secondary N) is 1. The van der Waals surface area contributed by atoms with Crippen LogP contribution in [0, 0.1) is 6.92 Å². The summed E-state index contributed by atoms with van der Waals surface area (Å²) in [5.41, 5.74) is 3.89. The van der Waals surface area contributed by atoms with Crippen molar-refractivity contribution in [3.63, 3.8) is 0 Å². The number of nitrogens with zero attached hydrogens (tertiary/aromatic N) is 1. The lowest BCUT2D eigenvalue weighted by molar-refractivity contribution is -0.140. The molecule has 1 aliphatic heterocycles. The molecule has 2 aromatic heterocycles. The van der Waals surface area contributed by atoms with Gasteiger partial charge in [0.05, 0.1) is 24.4 Å². The molecule has 1 saturated heterocycles. The maximum atomic E-state index is 13.4. The van der Waals surface area contributed by atoms with Gasteiger partial charge >= 0.3 is 0 Å². The fourth-order valence-electron chi connectivity index (χ4n) is 5.11. The first kappa shape index (κ1) is 24.3. The predicted molar refractivity (Wildman–Crippen MR) is 147 cm³/mol. The van der Waals surface area contributed by atoms with Crippen LogP contribution >= 0.6 is 0 Å². The molecule has 0 saturated carbocycles. The van der Waals surface area contributed by atoms with E-state index in [9.17, 15) is 14.7 Å². The van der Waals surface area contributed by atoms with Gasteiger partial charge in [-0.1, -0.05) is 48.5 Å². The average molecular weight is 519 g/mol. The lowest BCUT2D eigenvalue weighted by atomic mass is 9.94. The van der Waals surface area contributed by atoms with Gasteiger partial charge in [-0.15, -0.1) is 0 Å². The Kier molecular flexibility index (Phi) is 6.25. The summed E-state index contributed by atoms with van der Waals surface area (Å²) in [7, 11) is 0. The van der Waals surface area contributed by atoms with Crippen molar-refractivity contribution in [2.45, 2.75) is 26.1 Å². The minimum atomic E-state index is -0.805. The Hall–Kier alpha value is -5.04. The number of para-hydroxylation sites is 1. The normalized spacial score (nSPS) is 16.7. The zero-order valence-electron chi connectivity index (χ0n) is 21.3. The van der Waals surface area contributed by atoms with Gasteiger partial charge in [0.1, 0.15) is 23.9 Å². The van der Waals surface area contributed by atoms with Crippen LogP contribution in [0.25, 0.3) is 16.7 Å². The molecule has 3 aromatic carbocycles. The first-order chi connectivity index (χ1) is 19.0. The summed E-state index contributed by atoms with van der Waals surface area (Å²) in [5.74, 6) is -0.457.